The zero-order chi connectivity index (χ0) is 14.2. The van der Waals surface area contributed by atoms with E-state index in [-0.39, 0.29) is 6.42 Å². The molecule has 0 aliphatic rings. The molecular formula is C9H11F3N2O4. The van der Waals surface area contributed by atoms with Crippen LogP contribution >= 0.6 is 0 Å². The van der Waals surface area contributed by atoms with Gasteiger partial charge < -0.3 is 15.0 Å². The van der Waals surface area contributed by atoms with E-state index in [1.807, 2.05) is 17.1 Å². The molecule has 0 aromatic carbocycles. The fourth-order valence-electron chi connectivity index (χ4n) is 0.873. The highest BCUT2D eigenvalue weighted by atomic mass is 19.4. The number of carbonyl (C=O) groups excluding carboxylic acids is 1. The van der Waals surface area contributed by atoms with E-state index in [4.69, 9.17) is 15.0 Å². The van der Waals surface area contributed by atoms with Crippen molar-refractivity contribution in [1.29, 1.82) is 0 Å². The Morgan fingerprint density at radius 3 is 2.28 bits per heavy atom. The molecule has 0 radical (unpaired) electrons. The zero-order valence-electron chi connectivity index (χ0n) is 9.11. The highest BCUT2D eigenvalue weighted by molar-refractivity contribution is 5.70. The molecule has 1 aromatic heterocycles. The van der Waals surface area contributed by atoms with Gasteiger partial charge in [0.05, 0.1) is 6.54 Å². The summed E-state index contributed by atoms with van der Waals surface area (Å²) in [6.45, 7) is 0.760. The highest BCUT2D eigenvalue weighted by Crippen LogP contribution is 2.11. The molecule has 0 bridgehead atoms. The van der Waals surface area contributed by atoms with Gasteiger partial charge in [-0.25, -0.2) is 4.57 Å². The highest BCUT2D eigenvalue weighted by Gasteiger charge is 2.28. The van der Waals surface area contributed by atoms with Gasteiger partial charge in [0, 0.05) is 6.42 Å². The standard InChI is InChI=1S/C7H10N2O2.C2HF3O2/c10-7(11)2-1-4-9-5-3-8-6-9;3-2(4,5)1(6)7/h3,5-6H,1-2,4H2,(H,10,11);(H,6,7). The van der Waals surface area contributed by atoms with Gasteiger partial charge in [-0.15, -0.1) is 0 Å². The number of alkyl halides is 3. The van der Waals surface area contributed by atoms with E-state index in [9.17, 15) is 18.0 Å². The fourth-order valence-corrected chi connectivity index (χ4v) is 0.873. The molecule has 0 saturated heterocycles. The normalized spacial score (nSPS) is 10.4. The third-order valence-electron chi connectivity index (χ3n) is 1.64. The molecule has 102 valence electrons. The van der Waals surface area contributed by atoms with Gasteiger partial charge in [0.15, 0.2) is 0 Å². The quantitative estimate of drug-likeness (QED) is 0.717. The molecule has 9 heteroatoms. The number of carboxylic acids is 2. The van der Waals surface area contributed by atoms with E-state index in [0.717, 1.165) is 6.54 Å². The summed E-state index contributed by atoms with van der Waals surface area (Å²) in [6, 6.07) is 0. The number of H-pyrrole nitrogens is 1. The summed E-state index contributed by atoms with van der Waals surface area (Å²) in [5.74, 6) is -3.74. The molecule has 0 fully saturated rings. The number of carboxylic acid groups (broad SMARTS) is 2. The molecule has 0 unspecified atom stereocenters. The summed E-state index contributed by atoms with van der Waals surface area (Å²) in [6.07, 6.45) is 1.21. The van der Waals surface area contributed by atoms with E-state index < -0.39 is 18.1 Å². The average molecular weight is 268 g/mol. The van der Waals surface area contributed by atoms with E-state index in [0.29, 0.717) is 6.42 Å². The Morgan fingerprint density at radius 1 is 1.39 bits per heavy atom. The zero-order valence-corrected chi connectivity index (χ0v) is 9.11. The van der Waals surface area contributed by atoms with Crippen LogP contribution in [0.3, 0.4) is 0 Å². The van der Waals surface area contributed by atoms with Gasteiger partial charge in [-0.2, -0.15) is 13.2 Å². The molecule has 0 saturated carbocycles. The molecule has 0 aliphatic heterocycles. The van der Waals surface area contributed by atoms with Crippen molar-refractivity contribution in [3.8, 4) is 0 Å². The number of nitrogens with one attached hydrogen (secondary N) is 1. The minimum atomic E-state index is -5.19. The van der Waals surface area contributed by atoms with Crippen LogP contribution in [-0.4, -0.2) is 28.2 Å². The first-order chi connectivity index (χ1) is 8.23. The molecule has 0 spiro atoms. The Labute approximate surface area is 99.7 Å². The maximum absolute atomic E-state index is 10.5. The van der Waals surface area contributed by atoms with Gasteiger partial charge in [-0.1, -0.05) is 0 Å². The van der Waals surface area contributed by atoms with E-state index in [2.05, 4.69) is 4.98 Å². The number of hydrogen-bond donors (Lipinski definition) is 2. The predicted octanol–water partition coefficient (Wildman–Crippen LogP) is -0.534. The van der Waals surface area contributed by atoms with Gasteiger partial charge in [0.1, 0.15) is 18.4 Å². The number of nitrogens with zero attached hydrogens (tertiary/aromatic N) is 1. The number of carbonyl (C=O) groups is 2. The molecule has 1 rings (SSSR count). The Bertz CT molecular complexity index is 376. The lowest BCUT2D eigenvalue weighted by Crippen LogP contribution is -2.37. The van der Waals surface area contributed by atoms with Crippen LogP contribution in [0.4, 0.5) is 13.2 Å². The molecule has 2 N–H and O–H groups in total. The van der Waals surface area contributed by atoms with Crippen LogP contribution in [0.2, 0.25) is 0 Å². The number of aryl methyl sites for hydroxylation is 1. The number of halogens is 3. The van der Waals surface area contributed by atoms with Gasteiger partial charge in [0.2, 0.25) is 6.33 Å². The van der Waals surface area contributed by atoms with Gasteiger partial charge in [-0.05, 0) is 6.42 Å². The van der Waals surface area contributed by atoms with Crippen molar-refractivity contribution < 1.29 is 37.5 Å². The van der Waals surface area contributed by atoms with Crippen LogP contribution < -0.4 is 9.67 Å². The van der Waals surface area contributed by atoms with Crippen LogP contribution in [0, 0.1) is 0 Å². The minimum Gasteiger partial charge on any atom is -0.542 e. The number of aromatic amines is 1. The van der Waals surface area contributed by atoms with E-state index >= 15 is 0 Å². The Morgan fingerprint density at radius 2 is 1.94 bits per heavy atom. The summed E-state index contributed by atoms with van der Waals surface area (Å²) in [5, 5.41) is 17.1. The number of aliphatic carboxylic acids is 2. The van der Waals surface area contributed by atoms with Crippen molar-refractivity contribution >= 4 is 11.9 Å². The van der Waals surface area contributed by atoms with Crippen molar-refractivity contribution in [2.24, 2.45) is 0 Å². The molecule has 6 nitrogen and oxygen atoms in total. The Kier molecular flexibility index (Phi) is 6.47. The monoisotopic (exact) mass is 268 g/mol. The maximum atomic E-state index is 10.5. The number of rotatable bonds is 4. The Balaban J connectivity index is 0.000000360. The minimum absolute atomic E-state index is 0.234. The van der Waals surface area contributed by atoms with Crippen molar-refractivity contribution in [3.63, 3.8) is 0 Å². The maximum Gasteiger partial charge on any atom is 0.430 e. The SMILES string of the molecule is O=C(O)CCC[n+]1cc[nH]c1.O=C([O-])C(F)(F)F. The third kappa shape index (κ3) is 8.13. The first kappa shape index (κ1) is 15.9. The molecule has 0 atom stereocenters. The summed E-state index contributed by atoms with van der Waals surface area (Å²) >= 11 is 0. The van der Waals surface area contributed by atoms with Crippen molar-refractivity contribution in [1.82, 2.24) is 4.98 Å². The summed E-state index contributed by atoms with van der Waals surface area (Å²) in [5.41, 5.74) is 0. The largest absolute Gasteiger partial charge is 0.542 e. The second kappa shape index (κ2) is 7.30. The first-order valence-electron chi connectivity index (χ1n) is 4.75. The average Bonchev–Trinajstić information content (AvgIpc) is 2.69. The second-order valence-corrected chi connectivity index (χ2v) is 3.13. The lowest BCUT2D eigenvalue weighted by atomic mass is 10.3. The molecule has 1 aromatic rings. The topological polar surface area (TPSA) is 97.1 Å². The van der Waals surface area contributed by atoms with Crippen LogP contribution in [-0.2, 0) is 16.1 Å². The molecular weight excluding hydrogens is 257 g/mol. The Hall–Kier alpha value is -2.06. The number of aromatic nitrogens is 2. The molecule has 1 heterocycles. The summed E-state index contributed by atoms with van der Waals surface area (Å²) in [7, 11) is 0. The number of hydrogen-bond acceptors (Lipinski definition) is 3. The van der Waals surface area contributed by atoms with Crippen molar-refractivity contribution in [3.05, 3.63) is 18.7 Å². The van der Waals surface area contributed by atoms with E-state index in [1.165, 1.54) is 0 Å². The van der Waals surface area contributed by atoms with Crippen LogP contribution in [0.1, 0.15) is 12.8 Å². The molecule has 18 heavy (non-hydrogen) atoms. The van der Waals surface area contributed by atoms with Gasteiger partial charge in [-0.3, -0.25) is 9.78 Å². The lowest BCUT2D eigenvalue weighted by molar-refractivity contribution is -0.695. The second-order valence-electron chi connectivity index (χ2n) is 3.13. The van der Waals surface area contributed by atoms with Gasteiger partial charge >= 0.3 is 12.1 Å². The summed E-state index contributed by atoms with van der Waals surface area (Å²) in [4.78, 5) is 21.8. The van der Waals surface area contributed by atoms with E-state index in [1.54, 1.807) is 6.20 Å². The van der Waals surface area contributed by atoms with Crippen LogP contribution in [0.15, 0.2) is 18.7 Å². The molecule has 0 amide bonds. The first-order valence-corrected chi connectivity index (χ1v) is 4.75. The fraction of sp³-hybridized carbons (Fsp3) is 0.444. The van der Waals surface area contributed by atoms with Crippen LogP contribution in [0.5, 0.6) is 0 Å². The number of imidazole rings is 1. The van der Waals surface area contributed by atoms with Crippen LogP contribution in [0.25, 0.3) is 0 Å². The third-order valence-corrected chi connectivity index (χ3v) is 1.64. The van der Waals surface area contributed by atoms with Crippen molar-refractivity contribution in [2.75, 3.05) is 0 Å². The predicted molar refractivity (Wildman–Crippen MR) is 48.9 cm³/mol. The summed E-state index contributed by atoms with van der Waals surface area (Å²) < 4.78 is 33.5. The lowest BCUT2D eigenvalue weighted by Gasteiger charge is -2.03. The van der Waals surface area contributed by atoms with Crippen molar-refractivity contribution in [2.45, 2.75) is 25.6 Å². The smallest absolute Gasteiger partial charge is 0.430 e. The molecule has 0 aliphatic carbocycles. The van der Waals surface area contributed by atoms with Gasteiger partial charge in [0.25, 0.3) is 0 Å².